The van der Waals surface area contributed by atoms with Crippen LogP contribution in [0.3, 0.4) is 0 Å². The van der Waals surface area contributed by atoms with Crippen molar-refractivity contribution in [3.63, 3.8) is 0 Å². The Hall–Kier alpha value is -3.41. The van der Waals surface area contributed by atoms with E-state index in [9.17, 15) is 4.79 Å². The zero-order valence-corrected chi connectivity index (χ0v) is 15.0. The Morgan fingerprint density at radius 1 is 1.04 bits per heavy atom. The molecule has 1 aliphatic carbocycles. The Balaban J connectivity index is 1.66. The highest BCUT2D eigenvalue weighted by Crippen LogP contribution is 2.27. The van der Waals surface area contributed by atoms with Gasteiger partial charge in [0.05, 0.1) is 18.4 Å². The van der Waals surface area contributed by atoms with Crippen LogP contribution in [-0.2, 0) is 4.74 Å². The molecule has 2 aromatic carbocycles. The van der Waals surface area contributed by atoms with Gasteiger partial charge in [-0.25, -0.2) is 9.78 Å². The number of hydrogen-bond acceptors (Lipinski definition) is 6. The van der Waals surface area contributed by atoms with E-state index < -0.39 is 0 Å². The Morgan fingerprint density at radius 2 is 1.85 bits per heavy atom. The summed E-state index contributed by atoms with van der Waals surface area (Å²) in [4.78, 5) is 21.0. The Labute approximate surface area is 157 Å². The fourth-order valence-corrected chi connectivity index (χ4v) is 2.73. The fourth-order valence-electron chi connectivity index (χ4n) is 2.73. The average molecular weight is 360 g/mol. The Morgan fingerprint density at radius 3 is 2.59 bits per heavy atom. The molecule has 6 nitrogen and oxygen atoms in total. The molecular formula is C21H20N4O2. The molecule has 6 heteroatoms. The summed E-state index contributed by atoms with van der Waals surface area (Å²) in [7, 11) is 1.37. The molecule has 0 bridgehead atoms. The molecular weight excluding hydrogens is 340 g/mol. The maximum absolute atomic E-state index is 11.8. The lowest BCUT2D eigenvalue weighted by molar-refractivity contribution is 0.0601. The van der Waals surface area contributed by atoms with Gasteiger partial charge in [-0.3, -0.25) is 0 Å². The minimum Gasteiger partial charge on any atom is -0.465 e. The first kappa shape index (κ1) is 17.0. The van der Waals surface area contributed by atoms with Crippen LogP contribution in [0.25, 0.3) is 11.3 Å². The summed E-state index contributed by atoms with van der Waals surface area (Å²) >= 11 is 0. The van der Waals surface area contributed by atoms with Crippen LogP contribution < -0.4 is 10.6 Å². The number of nitrogens with zero attached hydrogens (tertiary/aromatic N) is 2. The van der Waals surface area contributed by atoms with Crippen molar-refractivity contribution < 1.29 is 9.53 Å². The molecule has 1 aliphatic rings. The van der Waals surface area contributed by atoms with E-state index in [-0.39, 0.29) is 5.97 Å². The van der Waals surface area contributed by atoms with E-state index in [0.717, 1.165) is 29.8 Å². The number of benzene rings is 2. The largest absolute Gasteiger partial charge is 0.465 e. The summed E-state index contributed by atoms with van der Waals surface area (Å²) in [6.45, 7) is 0. The van der Waals surface area contributed by atoms with Crippen LogP contribution in [-0.4, -0.2) is 29.1 Å². The minimum absolute atomic E-state index is 0.373. The smallest absolute Gasteiger partial charge is 0.337 e. The van der Waals surface area contributed by atoms with Gasteiger partial charge < -0.3 is 15.4 Å². The lowest BCUT2D eigenvalue weighted by Gasteiger charge is -2.12. The van der Waals surface area contributed by atoms with Crippen LogP contribution in [0.15, 0.2) is 60.7 Å². The maximum Gasteiger partial charge on any atom is 0.337 e. The molecule has 1 heterocycles. The van der Waals surface area contributed by atoms with Crippen LogP contribution in [0.1, 0.15) is 23.2 Å². The van der Waals surface area contributed by atoms with E-state index in [0.29, 0.717) is 23.4 Å². The normalized spacial score (nSPS) is 13.1. The first-order chi connectivity index (χ1) is 13.2. The third kappa shape index (κ3) is 4.23. The second-order valence-electron chi connectivity index (χ2n) is 6.44. The van der Waals surface area contributed by atoms with E-state index in [4.69, 9.17) is 4.74 Å². The standard InChI is InChI=1S/C21H20N4O2/c1-27-20(26)15-8-5-9-17(12-15)22-19-13-18(14-6-3-2-4-7-14)24-21(25-19)23-16-10-11-16/h2-9,12-13,16H,10-11H2,1H3,(H2,22,23,24,25). The highest BCUT2D eigenvalue weighted by Gasteiger charge is 2.22. The van der Waals surface area contributed by atoms with Crippen LogP contribution in [0, 0.1) is 0 Å². The molecule has 1 fully saturated rings. The number of hydrogen-bond donors (Lipinski definition) is 2. The predicted molar refractivity (Wildman–Crippen MR) is 105 cm³/mol. The molecule has 27 heavy (non-hydrogen) atoms. The van der Waals surface area contributed by atoms with E-state index in [1.165, 1.54) is 7.11 Å². The summed E-state index contributed by atoms with van der Waals surface area (Å²) in [5, 5.41) is 6.62. The summed E-state index contributed by atoms with van der Waals surface area (Å²) in [5.41, 5.74) is 3.09. The summed E-state index contributed by atoms with van der Waals surface area (Å²) < 4.78 is 4.79. The summed E-state index contributed by atoms with van der Waals surface area (Å²) in [6, 6.07) is 19.5. The van der Waals surface area contributed by atoms with Crippen LogP contribution in [0.4, 0.5) is 17.5 Å². The van der Waals surface area contributed by atoms with Gasteiger partial charge in [-0.15, -0.1) is 0 Å². The highest BCUT2D eigenvalue weighted by molar-refractivity contribution is 5.90. The molecule has 1 saturated carbocycles. The van der Waals surface area contributed by atoms with E-state index in [1.807, 2.05) is 42.5 Å². The Kier molecular flexibility index (Phi) is 4.70. The van der Waals surface area contributed by atoms with Crippen LogP contribution in [0.5, 0.6) is 0 Å². The number of ether oxygens (including phenoxy) is 1. The number of methoxy groups -OCH3 is 1. The van der Waals surface area contributed by atoms with Crippen molar-refractivity contribution in [2.75, 3.05) is 17.7 Å². The van der Waals surface area contributed by atoms with Crippen molar-refractivity contribution in [3.8, 4) is 11.3 Å². The van der Waals surface area contributed by atoms with Gasteiger partial charge in [0.25, 0.3) is 0 Å². The van der Waals surface area contributed by atoms with Crippen molar-refractivity contribution in [1.82, 2.24) is 9.97 Å². The molecule has 4 rings (SSSR count). The number of carbonyl (C=O) groups is 1. The second kappa shape index (κ2) is 7.45. The average Bonchev–Trinajstić information content (AvgIpc) is 3.52. The van der Waals surface area contributed by atoms with Gasteiger partial charge in [0.1, 0.15) is 5.82 Å². The van der Waals surface area contributed by atoms with Crippen molar-refractivity contribution in [1.29, 1.82) is 0 Å². The van der Waals surface area contributed by atoms with E-state index in [2.05, 4.69) is 20.6 Å². The quantitative estimate of drug-likeness (QED) is 0.640. The molecule has 1 aromatic heterocycles. The molecule has 136 valence electrons. The topological polar surface area (TPSA) is 76.1 Å². The summed E-state index contributed by atoms with van der Waals surface area (Å²) in [5.74, 6) is 0.891. The minimum atomic E-state index is -0.373. The van der Waals surface area contributed by atoms with Crippen molar-refractivity contribution in [2.24, 2.45) is 0 Å². The number of rotatable bonds is 6. The lowest BCUT2D eigenvalue weighted by atomic mass is 10.1. The molecule has 0 saturated heterocycles. The van der Waals surface area contributed by atoms with E-state index in [1.54, 1.807) is 18.2 Å². The number of nitrogens with one attached hydrogen (secondary N) is 2. The van der Waals surface area contributed by atoms with E-state index >= 15 is 0 Å². The maximum atomic E-state index is 11.8. The molecule has 0 atom stereocenters. The molecule has 0 unspecified atom stereocenters. The molecule has 0 spiro atoms. The molecule has 2 N–H and O–H groups in total. The van der Waals surface area contributed by atoms with Crippen LogP contribution >= 0.6 is 0 Å². The van der Waals surface area contributed by atoms with Crippen molar-refractivity contribution in [2.45, 2.75) is 18.9 Å². The molecule has 0 radical (unpaired) electrons. The number of carbonyl (C=O) groups excluding carboxylic acids is 1. The lowest BCUT2D eigenvalue weighted by Crippen LogP contribution is -2.08. The third-order valence-corrected chi connectivity index (χ3v) is 4.26. The van der Waals surface area contributed by atoms with Crippen molar-refractivity contribution in [3.05, 3.63) is 66.2 Å². The van der Waals surface area contributed by atoms with Crippen molar-refractivity contribution >= 4 is 23.4 Å². The van der Waals surface area contributed by atoms with Gasteiger partial charge in [0, 0.05) is 23.4 Å². The van der Waals surface area contributed by atoms with Gasteiger partial charge in [-0.2, -0.15) is 4.98 Å². The fraction of sp³-hybridized carbons (Fsp3) is 0.190. The highest BCUT2D eigenvalue weighted by atomic mass is 16.5. The SMILES string of the molecule is COC(=O)c1cccc(Nc2cc(-c3ccccc3)nc(NC3CC3)n2)c1. The van der Waals surface area contributed by atoms with Gasteiger partial charge >= 0.3 is 5.97 Å². The number of anilines is 3. The predicted octanol–water partition coefficient (Wildman–Crippen LogP) is 4.25. The van der Waals surface area contributed by atoms with Gasteiger partial charge in [0.15, 0.2) is 0 Å². The Bertz CT molecular complexity index is 955. The number of aromatic nitrogens is 2. The summed E-state index contributed by atoms with van der Waals surface area (Å²) in [6.07, 6.45) is 2.28. The van der Waals surface area contributed by atoms with Gasteiger partial charge in [-0.05, 0) is 31.0 Å². The molecule has 0 amide bonds. The molecule has 3 aromatic rings. The van der Waals surface area contributed by atoms with Gasteiger partial charge in [-0.1, -0.05) is 36.4 Å². The molecule has 0 aliphatic heterocycles. The zero-order valence-electron chi connectivity index (χ0n) is 15.0. The monoisotopic (exact) mass is 360 g/mol. The van der Waals surface area contributed by atoms with Crippen LogP contribution in [0.2, 0.25) is 0 Å². The first-order valence-corrected chi connectivity index (χ1v) is 8.88. The third-order valence-electron chi connectivity index (χ3n) is 4.26. The zero-order chi connectivity index (χ0) is 18.6. The number of esters is 1. The second-order valence-corrected chi connectivity index (χ2v) is 6.44. The first-order valence-electron chi connectivity index (χ1n) is 8.88. The van der Waals surface area contributed by atoms with Gasteiger partial charge in [0.2, 0.25) is 5.95 Å².